The van der Waals surface area contributed by atoms with Crippen molar-refractivity contribution in [1.29, 1.82) is 0 Å². The van der Waals surface area contributed by atoms with Crippen LogP contribution in [0, 0.1) is 0 Å². The number of amides is 2. The van der Waals surface area contributed by atoms with E-state index in [9.17, 15) is 142 Å². The van der Waals surface area contributed by atoms with Crippen molar-refractivity contribution in [2.75, 3.05) is 72.5 Å². The third-order valence-corrected chi connectivity index (χ3v) is 25.3. The van der Waals surface area contributed by atoms with Crippen molar-refractivity contribution in [2.24, 2.45) is 0 Å². The summed E-state index contributed by atoms with van der Waals surface area (Å²) in [5.41, 5.74) is 0.0448. The van der Waals surface area contributed by atoms with Crippen LogP contribution >= 0.6 is 0 Å². The van der Waals surface area contributed by atoms with Gasteiger partial charge in [-0.1, -0.05) is 233 Å². The minimum Gasteiger partial charge on any atom is -0.394 e. The molecule has 4 fully saturated rings. The van der Waals surface area contributed by atoms with Gasteiger partial charge in [0.2, 0.25) is 0 Å². The van der Waals surface area contributed by atoms with Crippen LogP contribution in [0.15, 0.2) is 24.3 Å². The Kier molecular flexibility index (Phi) is 60.7. The second-order valence-electron chi connectivity index (χ2n) is 35.8. The van der Waals surface area contributed by atoms with E-state index < -0.39 is 249 Å². The minimum atomic E-state index is -1.89. The fraction of sp³-hybridized carbons (Fsp3) is 0.912. The molecule has 0 spiro atoms. The highest BCUT2D eigenvalue weighted by molar-refractivity contribution is 5.98. The molecule has 758 valence electrons. The fourth-order valence-electron chi connectivity index (χ4n) is 16.9. The smallest absolute Gasteiger partial charge is 0.255 e. The number of unbranched alkanes of at least 4 members (excludes halogenated alkanes) is 32. The molecule has 30 atom stereocenters. The molecule has 4 aliphatic heterocycles. The summed E-state index contributed by atoms with van der Waals surface area (Å²) in [5, 5.41) is 273. The van der Waals surface area contributed by atoms with E-state index in [4.69, 9.17) is 28.4 Å². The Labute approximate surface area is 762 Å². The standard InChI is InChI=1S/C52H88N2O22.C39H82N2O12/c1-3-5-7-9-11-13-15-17-23-53(49-41(65)39(63)45(33(27-57)71-49)75-51-43(67)37(61)35(59)31(25-55)73-51)47(69)29-19-21-30(22-20-29)48(70)54(24-18-16-14-12-10-8-6-4-2)50-42(66)40(64)46(34(28-58)72-50)76-52-44(68)38(62)36(60)32(26-56)74-52;1-3-5-7-9-11-13-15-17-19-21-23-34(48)40(25-30(44)36(50)38(52)32(46)27-42)29-41(26-31(45)37(51)39(53)33(47)28-43)35(49)24-22-20-18-16-14-12-10-8-6-4-2/h19-22,31-46,49-52,55-68H,3-18,23-28H2,1-2H3;30-39,42-53H,3-29H2,1-2H3. The Bertz CT molecular complexity index is 2780. The highest BCUT2D eigenvalue weighted by atomic mass is 16.7. The molecule has 5 rings (SSSR count). The van der Waals surface area contributed by atoms with E-state index in [-0.39, 0.29) is 43.7 Å². The molecule has 1 aromatic carbocycles. The van der Waals surface area contributed by atoms with Gasteiger partial charge in [-0.3, -0.25) is 19.4 Å². The molecule has 38 heteroatoms. The molecule has 2 amide bonds. The van der Waals surface area contributed by atoms with Gasteiger partial charge in [0.25, 0.3) is 11.8 Å². The average Bonchev–Trinajstić information content (AvgIpc) is 0.774. The first-order valence-corrected chi connectivity index (χ1v) is 48.2. The van der Waals surface area contributed by atoms with Crippen molar-refractivity contribution >= 4 is 11.8 Å². The van der Waals surface area contributed by atoms with E-state index in [1.807, 2.05) is 0 Å². The number of ether oxygens (including phenoxy) is 6. The Morgan fingerprint density at radius 1 is 0.310 bits per heavy atom. The van der Waals surface area contributed by atoms with E-state index in [1.165, 1.54) is 108 Å². The van der Waals surface area contributed by atoms with Gasteiger partial charge in [-0.05, 0) is 62.8 Å². The summed E-state index contributed by atoms with van der Waals surface area (Å²) < 4.78 is 34.6. The average molecular weight is 1860 g/mol. The first-order chi connectivity index (χ1) is 61.8. The predicted octanol–water partition coefficient (Wildman–Crippen LogP) is -0.221. The first-order valence-electron chi connectivity index (χ1n) is 48.2. The lowest BCUT2D eigenvalue weighted by molar-refractivity contribution is -0.347. The highest BCUT2D eigenvalue weighted by Gasteiger charge is 2.55. The van der Waals surface area contributed by atoms with Gasteiger partial charge in [0.1, 0.15) is 147 Å². The number of benzene rings is 1. The van der Waals surface area contributed by atoms with Gasteiger partial charge in [0, 0.05) is 37.3 Å². The maximum Gasteiger partial charge on any atom is 0.255 e. The Balaban J connectivity index is 0.000000579. The van der Waals surface area contributed by atoms with E-state index in [1.54, 1.807) is 0 Å². The lowest BCUT2D eigenvalue weighted by Crippen LogP contribution is -2.67. The van der Waals surface area contributed by atoms with Crippen LogP contribution in [0.1, 0.15) is 292 Å². The largest absolute Gasteiger partial charge is 0.394 e. The summed E-state index contributed by atoms with van der Waals surface area (Å²) in [5.74, 6) is -1.38. The summed E-state index contributed by atoms with van der Waals surface area (Å²) in [6.45, 7) is 2.62. The minimum absolute atomic E-state index is 0.0119. The first kappa shape index (κ1) is 118. The lowest BCUT2D eigenvalue weighted by Gasteiger charge is -2.48. The second-order valence-corrected chi connectivity index (χ2v) is 35.8. The summed E-state index contributed by atoms with van der Waals surface area (Å²) in [6.07, 6.45) is -13.9. The van der Waals surface area contributed by atoms with E-state index in [0.717, 1.165) is 128 Å². The quantitative estimate of drug-likeness (QED) is 0.0296. The maximum atomic E-state index is 14.6. The molecule has 4 saturated heterocycles. The molecular formula is C91H170N4O34. The molecule has 26 N–H and O–H groups in total. The molecular weight excluding hydrogens is 1690 g/mol. The lowest BCUT2D eigenvalue weighted by atomic mass is 9.95. The van der Waals surface area contributed by atoms with Crippen LogP contribution in [0.2, 0.25) is 0 Å². The van der Waals surface area contributed by atoms with Crippen molar-refractivity contribution in [1.82, 2.24) is 19.6 Å². The van der Waals surface area contributed by atoms with Crippen LogP contribution in [0.25, 0.3) is 0 Å². The third kappa shape index (κ3) is 39.3. The number of carbonyl (C=O) groups is 2. The van der Waals surface area contributed by atoms with E-state index >= 15 is 0 Å². The Hall–Kier alpha value is -3.20. The summed E-state index contributed by atoms with van der Waals surface area (Å²) >= 11 is 0. The number of hydrogen-bond acceptors (Lipinski definition) is 36. The van der Waals surface area contributed by atoms with Gasteiger partial charge in [-0.25, -0.2) is 0 Å². The molecule has 0 saturated carbocycles. The SMILES string of the molecule is CCCCCCCCCCCCC(O)N(CC(O)C(O)C(O)C(O)CO)CN(CC(O)C(O)C(O)C(O)CO)C(O)CCCCCCCCCCCC.CCCCCCCCCCN(C(=O)c1ccc(C(=O)N(CCCCCCCCCC)C2OC(CO)C(OC3OC(CO)C(O)C(O)C3O)C(O)C2O)cc1)C1OC(CO)C(OC2OC(CO)C(O)C(O)C2O)C(O)C1O. The van der Waals surface area contributed by atoms with Crippen molar-refractivity contribution in [3.8, 4) is 0 Å². The zero-order chi connectivity index (χ0) is 95.7. The molecule has 1 aromatic rings. The number of carbonyl (C=O) groups excluding carboxylic acids is 2. The molecule has 38 nitrogen and oxygen atoms in total. The monoisotopic (exact) mass is 1860 g/mol. The van der Waals surface area contributed by atoms with Gasteiger partial charge in [-0.2, -0.15) is 0 Å². The molecule has 4 aliphatic rings. The number of aliphatic hydroxyl groups excluding tert-OH is 26. The third-order valence-electron chi connectivity index (χ3n) is 25.3. The predicted molar refractivity (Wildman–Crippen MR) is 472 cm³/mol. The van der Waals surface area contributed by atoms with Crippen molar-refractivity contribution in [3.63, 3.8) is 0 Å². The molecule has 4 heterocycles. The van der Waals surface area contributed by atoms with Crippen LogP contribution in [-0.2, 0) is 28.4 Å². The zero-order valence-corrected chi connectivity index (χ0v) is 77.0. The summed E-state index contributed by atoms with van der Waals surface area (Å²) in [4.78, 5) is 34.4. The van der Waals surface area contributed by atoms with E-state index in [2.05, 4.69) is 27.7 Å². The summed E-state index contributed by atoms with van der Waals surface area (Å²) in [7, 11) is 0. The van der Waals surface area contributed by atoms with Crippen LogP contribution in [0.3, 0.4) is 0 Å². The van der Waals surface area contributed by atoms with Crippen LogP contribution in [-0.4, -0.2) is 421 Å². The van der Waals surface area contributed by atoms with Gasteiger partial charge < -0.3 is 171 Å². The van der Waals surface area contributed by atoms with Crippen molar-refractivity contribution in [2.45, 2.75) is 456 Å². The molecule has 30 unspecified atom stereocenters. The number of nitrogens with zero attached hydrogens (tertiary/aromatic N) is 4. The molecule has 129 heavy (non-hydrogen) atoms. The summed E-state index contributed by atoms with van der Waals surface area (Å²) in [6, 6.07) is 5.44. The number of aliphatic hydroxyl groups is 26. The van der Waals surface area contributed by atoms with Gasteiger partial charge in [0.15, 0.2) is 25.0 Å². The molecule has 0 aliphatic carbocycles. The van der Waals surface area contributed by atoms with Gasteiger partial charge in [0.05, 0.1) is 58.5 Å². The Morgan fingerprint density at radius 2 is 0.566 bits per heavy atom. The zero-order valence-electron chi connectivity index (χ0n) is 77.0. The van der Waals surface area contributed by atoms with E-state index in [0.29, 0.717) is 38.5 Å². The van der Waals surface area contributed by atoms with Crippen molar-refractivity contribution in [3.05, 3.63) is 35.4 Å². The molecule has 0 aromatic heterocycles. The Morgan fingerprint density at radius 3 is 0.829 bits per heavy atom. The van der Waals surface area contributed by atoms with Gasteiger partial charge >= 0.3 is 0 Å². The number of hydrogen-bond donors (Lipinski definition) is 26. The van der Waals surface area contributed by atoms with Crippen molar-refractivity contribution < 1.29 is 171 Å². The van der Waals surface area contributed by atoms with Crippen LogP contribution in [0.4, 0.5) is 0 Å². The maximum absolute atomic E-state index is 14.6. The highest BCUT2D eigenvalue weighted by Crippen LogP contribution is 2.35. The van der Waals surface area contributed by atoms with Crippen LogP contribution in [0.5, 0.6) is 0 Å². The number of rotatable bonds is 68. The second kappa shape index (κ2) is 66.3. The molecule has 0 radical (unpaired) electrons. The molecule has 0 bridgehead atoms. The van der Waals surface area contributed by atoms with Crippen LogP contribution < -0.4 is 0 Å². The van der Waals surface area contributed by atoms with Gasteiger partial charge in [-0.15, -0.1) is 0 Å². The topological polar surface area (TPSA) is 628 Å². The fourth-order valence-corrected chi connectivity index (χ4v) is 16.9. The normalized spacial score (nSPS) is 28.7.